The van der Waals surface area contributed by atoms with Crippen LogP contribution in [0.15, 0.2) is 0 Å². The highest BCUT2D eigenvalue weighted by Crippen LogP contribution is 2.26. The molecule has 0 spiro atoms. The largest absolute Gasteiger partial charge is 0.444 e. The van der Waals surface area contributed by atoms with Crippen LogP contribution >= 0.6 is 12.2 Å². The van der Waals surface area contributed by atoms with Crippen molar-refractivity contribution in [2.45, 2.75) is 51.7 Å². The summed E-state index contributed by atoms with van der Waals surface area (Å²) in [5.41, 5.74) is -0.442. The number of ether oxygens (including phenoxy) is 1. The first kappa shape index (κ1) is 14.2. The highest BCUT2D eigenvalue weighted by atomic mass is 32.1. The summed E-state index contributed by atoms with van der Waals surface area (Å²) in [6, 6.07) is 0.182. The molecule has 2 atom stereocenters. The summed E-state index contributed by atoms with van der Waals surface area (Å²) in [4.78, 5) is 12.5. The van der Waals surface area contributed by atoms with Gasteiger partial charge in [-0.3, -0.25) is 0 Å². The van der Waals surface area contributed by atoms with Crippen LogP contribution in [0.4, 0.5) is 4.79 Å². The first-order chi connectivity index (χ1) is 7.81. The van der Waals surface area contributed by atoms with Crippen molar-refractivity contribution in [2.24, 2.45) is 5.92 Å². The number of hydrogen-bond donors (Lipinski definition) is 2. The second-order valence-corrected chi connectivity index (χ2v) is 5.91. The second-order valence-electron chi connectivity index (χ2n) is 5.47. The van der Waals surface area contributed by atoms with E-state index in [0.717, 1.165) is 24.3 Å². The Morgan fingerprint density at radius 3 is 2.53 bits per heavy atom. The lowest BCUT2D eigenvalue weighted by Gasteiger charge is -2.21. The van der Waals surface area contributed by atoms with E-state index in [1.165, 1.54) is 0 Å². The summed E-state index contributed by atoms with van der Waals surface area (Å²) in [7, 11) is 1.84. The van der Waals surface area contributed by atoms with E-state index in [2.05, 4.69) is 10.6 Å². The van der Waals surface area contributed by atoms with Crippen molar-refractivity contribution in [3.8, 4) is 0 Å². The van der Waals surface area contributed by atoms with Crippen molar-refractivity contribution in [1.29, 1.82) is 0 Å². The van der Waals surface area contributed by atoms with Crippen molar-refractivity contribution < 1.29 is 9.53 Å². The van der Waals surface area contributed by atoms with Gasteiger partial charge in [-0.25, -0.2) is 4.79 Å². The van der Waals surface area contributed by atoms with E-state index in [9.17, 15) is 4.79 Å². The maximum absolute atomic E-state index is 11.6. The molecule has 17 heavy (non-hydrogen) atoms. The monoisotopic (exact) mass is 258 g/mol. The highest BCUT2D eigenvalue weighted by Gasteiger charge is 2.29. The first-order valence-corrected chi connectivity index (χ1v) is 6.44. The standard InChI is InChI=1S/C12H22N2O2S/c1-12(2,3)16-11(15)14-9-6-5-8(7-9)10(17)13-4/h8-9H,5-7H2,1-4H3,(H,13,17)(H,14,15). The van der Waals surface area contributed by atoms with Crippen molar-refractivity contribution >= 4 is 23.3 Å². The van der Waals surface area contributed by atoms with Gasteiger partial charge in [0.1, 0.15) is 5.60 Å². The molecule has 1 aliphatic rings. The molecule has 98 valence electrons. The molecule has 2 N–H and O–H groups in total. The average molecular weight is 258 g/mol. The molecule has 0 aromatic heterocycles. The van der Waals surface area contributed by atoms with E-state index in [-0.39, 0.29) is 12.1 Å². The van der Waals surface area contributed by atoms with Crippen molar-refractivity contribution in [2.75, 3.05) is 7.05 Å². The quantitative estimate of drug-likeness (QED) is 0.746. The average Bonchev–Trinajstić information content (AvgIpc) is 2.62. The maximum Gasteiger partial charge on any atom is 0.407 e. The number of hydrogen-bond acceptors (Lipinski definition) is 3. The van der Waals surface area contributed by atoms with Crippen LogP contribution in [-0.4, -0.2) is 29.8 Å². The lowest BCUT2D eigenvalue weighted by molar-refractivity contribution is 0.0505. The number of alkyl carbamates (subject to hydrolysis) is 1. The molecule has 1 rings (SSSR count). The minimum atomic E-state index is -0.442. The molecular weight excluding hydrogens is 236 g/mol. The zero-order valence-corrected chi connectivity index (χ0v) is 11.8. The fourth-order valence-electron chi connectivity index (χ4n) is 2.03. The Kier molecular flexibility index (Phi) is 4.74. The molecule has 0 radical (unpaired) electrons. The van der Waals surface area contributed by atoms with E-state index in [1.807, 2.05) is 27.8 Å². The molecular formula is C12H22N2O2S. The van der Waals surface area contributed by atoms with Crippen LogP contribution in [0.1, 0.15) is 40.0 Å². The Hall–Kier alpha value is -0.840. The minimum absolute atomic E-state index is 0.182. The summed E-state index contributed by atoms with van der Waals surface area (Å²) in [6.45, 7) is 5.58. The van der Waals surface area contributed by atoms with Crippen LogP contribution in [-0.2, 0) is 4.74 Å². The van der Waals surface area contributed by atoms with Crippen LogP contribution in [0, 0.1) is 5.92 Å². The van der Waals surface area contributed by atoms with E-state index in [4.69, 9.17) is 17.0 Å². The van der Waals surface area contributed by atoms with Gasteiger partial charge in [-0.2, -0.15) is 0 Å². The summed E-state index contributed by atoms with van der Waals surface area (Å²) in [5.74, 6) is 0.384. The molecule has 0 bridgehead atoms. The van der Waals surface area contributed by atoms with Gasteiger partial charge in [0.15, 0.2) is 0 Å². The molecule has 0 saturated heterocycles. The van der Waals surface area contributed by atoms with Gasteiger partial charge in [-0.05, 0) is 40.0 Å². The van der Waals surface area contributed by atoms with Crippen molar-refractivity contribution in [3.05, 3.63) is 0 Å². The fraction of sp³-hybridized carbons (Fsp3) is 0.833. The van der Waals surface area contributed by atoms with Gasteiger partial charge in [0, 0.05) is 19.0 Å². The van der Waals surface area contributed by atoms with E-state index < -0.39 is 5.60 Å². The Morgan fingerprint density at radius 1 is 1.35 bits per heavy atom. The van der Waals surface area contributed by atoms with Gasteiger partial charge in [-0.1, -0.05) is 12.2 Å². The summed E-state index contributed by atoms with van der Waals surface area (Å²) >= 11 is 5.21. The molecule has 1 saturated carbocycles. The summed E-state index contributed by atoms with van der Waals surface area (Å²) in [5, 5.41) is 5.90. The molecule has 0 heterocycles. The molecule has 4 nitrogen and oxygen atoms in total. The zero-order valence-electron chi connectivity index (χ0n) is 11.0. The Labute approximate surface area is 108 Å². The van der Waals surface area contributed by atoms with Gasteiger partial charge in [0.2, 0.25) is 0 Å². The molecule has 1 amide bonds. The van der Waals surface area contributed by atoms with E-state index in [0.29, 0.717) is 5.92 Å². The maximum atomic E-state index is 11.6. The van der Waals surface area contributed by atoms with Gasteiger partial charge >= 0.3 is 6.09 Å². The lowest BCUT2D eigenvalue weighted by Crippen LogP contribution is -2.38. The third kappa shape index (κ3) is 4.89. The Morgan fingerprint density at radius 2 is 2.00 bits per heavy atom. The third-order valence-electron chi connectivity index (χ3n) is 2.77. The van der Waals surface area contributed by atoms with Crippen LogP contribution in [0.3, 0.4) is 0 Å². The predicted molar refractivity (Wildman–Crippen MR) is 72.2 cm³/mol. The number of rotatable bonds is 2. The van der Waals surface area contributed by atoms with Crippen LogP contribution < -0.4 is 10.6 Å². The van der Waals surface area contributed by atoms with Gasteiger partial charge in [-0.15, -0.1) is 0 Å². The molecule has 0 aliphatic heterocycles. The van der Waals surface area contributed by atoms with E-state index >= 15 is 0 Å². The van der Waals surface area contributed by atoms with Crippen LogP contribution in [0.5, 0.6) is 0 Å². The molecule has 2 unspecified atom stereocenters. The summed E-state index contributed by atoms with van der Waals surface area (Å²) < 4.78 is 5.22. The number of nitrogens with one attached hydrogen (secondary N) is 2. The predicted octanol–water partition coefficient (Wildman–Crippen LogP) is 2.23. The third-order valence-corrected chi connectivity index (χ3v) is 3.31. The lowest BCUT2D eigenvalue weighted by atomic mass is 10.1. The van der Waals surface area contributed by atoms with E-state index in [1.54, 1.807) is 0 Å². The zero-order chi connectivity index (χ0) is 13.1. The normalized spacial score (nSPS) is 24.2. The summed E-state index contributed by atoms with van der Waals surface area (Å²) in [6.07, 6.45) is 2.56. The second kappa shape index (κ2) is 5.67. The number of thiocarbonyl (C=S) groups is 1. The van der Waals surface area contributed by atoms with Crippen LogP contribution in [0.2, 0.25) is 0 Å². The Bertz CT molecular complexity index is 299. The molecule has 1 aliphatic carbocycles. The van der Waals surface area contributed by atoms with Gasteiger partial charge in [0.05, 0.1) is 4.99 Å². The van der Waals surface area contributed by atoms with Crippen molar-refractivity contribution in [1.82, 2.24) is 10.6 Å². The van der Waals surface area contributed by atoms with Gasteiger partial charge in [0.25, 0.3) is 0 Å². The van der Waals surface area contributed by atoms with Gasteiger partial charge < -0.3 is 15.4 Å². The smallest absolute Gasteiger partial charge is 0.407 e. The van der Waals surface area contributed by atoms with Crippen molar-refractivity contribution in [3.63, 3.8) is 0 Å². The topological polar surface area (TPSA) is 50.4 Å². The minimum Gasteiger partial charge on any atom is -0.444 e. The molecule has 1 fully saturated rings. The fourth-order valence-corrected chi connectivity index (χ4v) is 2.24. The number of carbonyl (C=O) groups excluding carboxylic acids is 1. The molecule has 5 heteroatoms. The number of amides is 1. The first-order valence-electron chi connectivity index (χ1n) is 6.03. The molecule has 0 aromatic carbocycles. The number of carbonyl (C=O) groups is 1. The van der Waals surface area contributed by atoms with Crippen LogP contribution in [0.25, 0.3) is 0 Å². The SMILES string of the molecule is CNC(=S)C1CCC(NC(=O)OC(C)(C)C)C1. The molecule has 0 aromatic rings. The highest BCUT2D eigenvalue weighted by molar-refractivity contribution is 7.80. The Balaban J connectivity index is 2.35.